The van der Waals surface area contributed by atoms with Crippen LogP contribution in [0.5, 0.6) is 11.5 Å². The summed E-state index contributed by atoms with van der Waals surface area (Å²) in [6.07, 6.45) is 1.61. The Bertz CT molecular complexity index is 505. The van der Waals surface area contributed by atoms with Gasteiger partial charge in [-0.05, 0) is 25.0 Å². The first-order valence-corrected chi connectivity index (χ1v) is 8.50. The number of carbonyl (C=O) groups is 2. The van der Waals surface area contributed by atoms with Crippen molar-refractivity contribution in [1.82, 2.24) is 0 Å². The van der Waals surface area contributed by atoms with Gasteiger partial charge in [-0.3, -0.25) is 9.59 Å². The fraction of sp³-hybridized carbons (Fsp3) is 0.500. The van der Waals surface area contributed by atoms with Gasteiger partial charge in [-0.15, -0.1) is 0 Å². The molecule has 0 unspecified atom stereocenters. The Morgan fingerprint density at radius 3 is 2.45 bits per heavy atom. The van der Waals surface area contributed by atoms with Crippen LogP contribution in [-0.4, -0.2) is 30.2 Å². The lowest BCUT2D eigenvalue weighted by Crippen LogP contribution is -2.17. The van der Waals surface area contributed by atoms with Crippen molar-refractivity contribution in [3.8, 4) is 11.5 Å². The second-order valence-electron chi connectivity index (χ2n) is 4.75. The molecule has 122 valence electrons. The molecule has 1 rings (SSSR count). The van der Waals surface area contributed by atoms with Crippen molar-refractivity contribution >= 4 is 33.3 Å². The van der Waals surface area contributed by atoms with E-state index in [-0.39, 0.29) is 23.4 Å². The second kappa shape index (κ2) is 10.2. The minimum Gasteiger partial charge on any atom is -0.493 e. The number of halogens is 1. The smallest absolute Gasteiger partial charge is 0.231 e. The first-order valence-electron chi connectivity index (χ1n) is 7.37. The van der Waals surface area contributed by atoms with Crippen molar-refractivity contribution in [3.05, 3.63) is 18.2 Å². The van der Waals surface area contributed by atoms with E-state index in [2.05, 4.69) is 21.2 Å². The largest absolute Gasteiger partial charge is 0.493 e. The quantitative estimate of drug-likeness (QED) is 0.504. The highest BCUT2D eigenvalue weighted by molar-refractivity contribution is 9.09. The first kappa shape index (κ1) is 18.5. The summed E-state index contributed by atoms with van der Waals surface area (Å²) in [6.45, 7) is 5.20. The molecular weight excluding hydrogens is 350 g/mol. The molecule has 0 heterocycles. The lowest BCUT2D eigenvalue weighted by Gasteiger charge is -2.14. The van der Waals surface area contributed by atoms with Gasteiger partial charge in [-0.25, -0.2) is 0 Å². The number of anilines is 1. The summed E-state index contributed by atoms with van der Waals surface area (Å²) in [7, 11) is 0. The molecule has 6 heteroatoms. The van der Waals surface area contributed by atoms with Crippen LogP contribution in [-0.2, 0) is 9.59 Å². The predicted octanol–water partition coefficient (Wildman–Crippen LogP) is 3.56. The van der Waals surface area contributed by atoms with Gasteiger partial charge in [-0.1, -0.05) is 29.8 Å². The van der Waals surface area contributed by atoms with Gasteiger partial charge in [0.1, 0.15) is 11.5 Å². The molecule has 1 aromatic rings. The number of ether oxygens (including phenoxy) is 2. The fourth-order valence-corrected chi connectivity index (χ4v) is 1.87. The highest BCUT2D eigenvalue weighted by Crippen LogP contribution is 2.30. The number of amides is 1. The van der Waals surface area contributed by atoms with Gasteiger partial charge in [0, 0.05) is 6.07 Å². The Kier molecular flexibility index (Phi) is 8.58. The van der Waals surface area contributed by atoms with Crippen molar-refractivity contribution in [1.29, 1.82) is 0 Å². The van der Waals surface area contributed by atoms with E-state index in [0.29, 0.717) is 30.4 Å². The third-order valence-electron chi connectivity index (χ3n) is 2.67. The molecule has 0 aliphatic rings. The number of hydrogen-bond donors (Lipinski definition) is 1. The minimum absolute atomic E-state index is 0.160. The molecule has 0 saturated heterocycles. The molecule has 0 bridgehead atoms. The fourth-order valence-electron chi connectivity index (χ4n) is 1.67. The third kappa shape index (κ3) is 6.47. The second-order valence-corrected chi connectivity index (χ2v) is 5.31. The minimum atomic E-state index is -0.354. The molecule has 22 heavy (non-hydrogen) atoms. The van der Waals surface area contributed by atoms with E-state index >= 15 is 0 Å². The van der Waals surface area contributed by atoms with E-state index in [1.807, 2.05) is 13.8 Å². The Morgan fingerprint density at radius 1 is 1.14 bits per heavy atom. The van der Waals surface area contributed by atoms with Gasteiger partial charge in [0.05, 0.1) is 30.7 Å². The predicted molar refractivity (Wildman–Crippen MR) is 90.1 cm³/mol. The standard InChI is InChI=1S/C16H22BrNO4/c1-3-7-21-13-5-6-14(15(10-13)22-8-4-2)18-16(20)9-12(19)11-17/h5-6,10H,3-4,7-9,11H2,1-2H3,(H,18,20). The number of carbonyl (C=O) groups excluding carboxylic acids is 2. The number of benzene rings is 1. The molecule has 0 atom stereocenters. The number of ketones is 1. The van der Waals surface area contributed by atoms with E-state index in [1.165, 1.54) is 0 Å². The molecule has 1 N–H and O–H groups in total. The maximum Gasteiger partial charge on any atom is 0.231 e. The lowest BCUT2D eigenvalue weighted by molar-refractivity contribution is -0.123. The van der Waals surface area contributed by atoms with Crippen molar-refractivity contribution in [2.24, 2.45) is 0 Å². The lowest BCUT2D eigenvalue weighted by atomic mass is 10.2. The van der Waals surface area contributed by atoms with Gasteiger partial charge >= 0.3 is 0 Å². The zero-order valence-corrected chi connectivity index (χ0v) is 14.6. The monoisotopic (exact) mass is 371 g/mol. The van der Waals surface area contributed by atoms with Crippen LogP contribution in [0.4, 0.5) is 5.69 Å². The van der Waals surface area contributed by atoms with Crippen LogP contribution in [0.3, 0.4) is 0 Å². The van der Waals surface area contributed by atoms with E-state index in [4.69, 9.17) is 9.47 Å². The number of Topliss-reactive ketones (excluding diaryl/α,β-unsaturated/α-hetero) is 1. The van der Waals surface area contributed by atoms with Crippen LogP contribution < -0.4 is 14.8 Å². The Balaban J connectivity index is 2.82. The summed E-state index contributed by atoms with van der Waals surface area (Å²) in [6, 6.07) is 5.26. The summed E-state index contributed by atoms with van der Waals surface area (Å²) in [4.78, 5) is 23.1. The SMILES string of the molecule is CCCOc1ccc(NC(=O)CC(=O)CBr)c(OCCC)c1. The van der Waals surface area contributed by atoms with E-state index < -0.39 is 0 Å². The Morgan fingerprint density at radius 2 is 1.82 bits per heavy atom. The molecule has 1 amide bonds. The van der Waals surface area contributed by atoms with Crippen LogP contribution in [0.25, 0.3) is 0 Å². The number of hydrogen-bond acceptors (Lipinski definition) is 4. The molecule has 0 fully saturated rings. The molecule has 0 radical (unpaired) electrons. The maximum absolute atomic E-state index is 11.8. The Labute approximate surface area is 139 Å². The molecule has 5 nitrogen and oxygen atoms in total. The maximum atomic E-state index is 11.8. The van der Waals surface area contributed by atoms with Crippen LogP contribution in [0.1, 0.15) is 33.1 Å². The first-order chi connectivity index (χ1) is 10.6. The van der Waals surface area contributed by atoms with Crippen LogP contribution in [0, 0.1) is 0 Å². The molecule has 0 aliphatic carbocycles. The number of nitrogens with one attached hydrogen (secondary N) is 1. The Hall–Kier alpha value is -1.56. The molecule has 1 aromatic carbocycles. The zero-order chi connectivity index (χ0) is 16.4. The molecule has 0 saturated carbocycles. The summed E-state index contributed by atoms with van der Waals surface area (Å²) in [5, 5.41) is 2.88. The van der Waals surface area contributed by atoms with Crippen molar-refractivity contribution in [2.75, 3.05) is 23.9 Å². The average molecular weight is 372 g/mol. The van der Waals surface area contributed by atoms with Crippen molar-refractivity contribution < 1.29 is 19.1 Å². The van der Waals surface area contributed by atoms with Crippen molar-refractivity contribution in [3.63, 3.8) is 0 Å². The highest BCUT2D eigenvalue weighted by Gasteiger charge is 2.12. The summed E-state index contributed by atoms with van der Waals surface area (Å²) < 4.78 is 11.2. The summed E-state index contributed by atoms with van der Waals surface area (Å²) in [5.41, 5.74) is 0.546. The molecule has 0 aromatic heterocycles. The molecule has 0 spiro atoms. The third-order valence-corrected chi connectivity index (χ3v) is 3.29. The average Bonchev–Trinajstić information content (AvgIpc) is 2.52. The van der Waals surface area contributed by atoms with Crippen LogP contribution in [0.15, 0.2) is 18.2 Å². The van der Waals surface area contributed by atoms with Gasteiger partial charge in [-0.2, -0.15) is 0 Å². The number of alkyl halides is 1. The summed E-state index contributed by atoms with van der Waals surface area (Å²) >= 11 is 3.04. The molecular formula is C16H22BrNO4. The summed E-state index contributed by atoms with van der Waals surface area (Å²) in [5.74, 6) is 0.724. The zero-order valence-electron chi connectivity index (χ0n) is 13.0. The van der Waals surface area contributed by atoms with E-state index in [0.717, 1.165) is 12.8 Å². The normalized spacial score (nSPS) is 10.1. The van der Waals surface area contributed by atoms with Crippen LogP contribution >= 0.6 is 15.9 Å². The van der Waals surface area contributed by atoms with Gasteiger partial charge in [0.2, 0.25) is 5.91 Å². The van der Waals surface area contributed by atoms with Crippen molar-refractivity contribution in [2.45, 2.75) is 33.1 Å². The van der Waals surface area contributed by atoms with E-state index in [9.17, 15) is 9.59 Å². The topological polar surface area (TPSA) is 64.6 Å². The van der Waals surface area contributed by atoms with Gasteiger partial charge in [0.15, 0.2) is 5.78 Å². The van der Waals surface area contributed by atoms with E-state index in [1.54, 1.807) is 18.2 Å². The molecule has 0 aliphatic heterocycles. The van der Waals surface area contributed by atoms with Crippen LogP contribution in [0.2, 0.25) is 0 Å². The number of rotatable bonds is 10. The van der Waals surface area contributed by atoms with Gasteiger partial charge < -0.3 is 14.8 Å². The highest BCUT2D eigenvalue weighted by atomic mass is 79.9. The van der Waals surface area contributed by atoms with Gasteiger partial charge in [0.25, 0.3) is 0 Å².